The van der Waals surface area contributed by atoms with E-state index in [-0.39, 0.29) is 54.0 Å². The Balaban J connectivity index is 0.000000231. The second kappa shape index (κ2) is 30.8. The molecule has 4 amide bonds. The Morgan fingerprint density at radius 2 is 1.08 bits per heavy atom. The molecule has 2 aliphatic rings. The van der Waals surface area contributed by atoms with Gasteiger partial charge in [0.15, 0.2) is 0 Å². The van der Waals surface area contributed by atoms with Crippen LogP contribution in [0.1, 0.15) is 38.2 Å². The van der Waals surface area contributed by atoms with Crippen molar-refractivity contribution in [3.8, 4) is 39.5 Å². The fraction of sp³-hybridized carbons (Fsp3) is 0.250. The number of piperidine rings is 2. The molecule has 0 spiro atoms. The van der Waals surface area contributed by atoms with Crippen LogP contribution in [0.5, 0.6) is 17.2 Å². The van der Waals surface area contributed by atoms with E-state index in [9.17, 15) is 46.9 Å². The van der Waals surface area contributed by atoms with E-state index in [0.717, 1.165) is 59.4 Å². The van der Waals surface area contributed by atoms with Gasteiger partial charge in [-0.05, 0) is 136 Å². The molecule has 0 atom stereocenters. The maximum absolute atomic E-state index is 12.7. The number of nitrogen functional groups attached to an aromatic ring is 1. The number of ether oxygens (including phenoxy) is 3. The lowest BCUT2D eigenvalue weighted by Crippen LogP contribution is -2.43. The molecule has 2 saturated heterocycles. The van der Waals surface area contributed by atoms with Crippen LogP contribution in [0.25, 0.3) is 22.3 Å². The number of nitrogens with two attached hydrogens (primary N) is 3. The standard InChI is InChI=1S/C25H26F2N6O3.C18H16F2N4O.C7H4ClNO4.C6H12N2O.H2/c1-15-2-5-19(12-21(15)32-25(35)33-10-8-17(9-11-33)22(28)34)31-24-29-13-18(14-30-24)16-3-6-20(7-4-16)36-23(26)27;1-11-2-5-14(8-16(11)21)24-18-22-9-13(10-23-18)12-3-6-15(7-4-12)25-17(19)20;8-7(10)13-6-3-1-5(2-4-6)9(11)12;7-6(9)5-1-3-8-4-2-5;/h2-7,12-14,17,23H,8-11H2,1H3,(H2,28,34)(H,32,35)(H,29,30,31);2-10,17H,21H2,1H3,(H,22,23,24);1-4H;5,8H,1-4H2,(H2,7,9);1H/i;;;;1+1. The molecule has 22 nitrogen and oxygen atoms in total. The van der Waals surface area contributed by atoms with Crippen molar-refractivity contribution in [3.63, 3.8) is 0 Å². The molecule has 4 heterocycles. The first-order valence-electron chi connectivity index (χ1n) is 25.4. The number of primary amides is 2. The van der Waals surface area contributed by atoms with Gasteiger partial charge in [-0.15, -0.1) is 0 Å². The maximum atomic E-state index is 12.7. The molecule has 0 saturated carbocycles. The van der Waals surface area contributed by atoms with Crippen molar-refractivity contribution >= 4 is 75.2 Å². The average Bonchev–Trinajstić information content (AvgIpc) is 3.64. The van der Waals surface area contributed by atoms with Crippen LogP contribution in [-0.2, 0) is 9.59 Å². The molecule has 5 aromatic carbocycles. The van der Waals surface area contributed by atoms with Gasteiger partial charge in [0.2, 0.25) is 23.7 Å². The van der Waals surface area contributed by atoms with Crippen molar-refractivity contribution in [1.29, 1.82) is 0 Å². The lowest BCUT2D eigenvalue weighted by Gasteiger charge is -2.30. The normalized spacial score (nSPS) is 13.1. The van der Waals surface area contributed by atoms with Crippen LogP contribution in [0.3, 0.4) is 0 Å². The summed E-state index contributed by atoms with van der Waals surface area (Å²) in [6.45, 7) is 0.929. The predicted molar refractivity (Wildman–Crippen MR) is 306 cm³/mol. The molecule has 9 rings (SSSR count). The SMILES string of the molecule is Cc1ccc(Nc2ncc(-c3ccc(OC(F)F)cc3)cn2)cc1N.Cc1ccc(Nc2ncc(-c3ccc(OC(F)F)cc3)cn2)cc1NC(=O)N1CCC(C(N)=O)CC1.NC(=O)C1CCNCC1.O=C(Cl)Oc1ccc([N+](=O)[O-])cc1.[2HH]. The van der Waals surface area contributed by atoms with Gasteiger partial charge < -0.3 is 57.6 Å². The summed E-state index contributed by atoms with van der Waals surface area (Å²) in [4.78, 5) is 73.4. The van der Waals surface area contributed by atoms with Gasteiger partial charge in [0.05, 0.1) is 4.92 Å². The first-order valence-corrected chi connectivity index (χ1v) is 25.8. The number of nitro benzene ring substituents is 1. The van der Waals surface area contributed by atoms with Crippen molar-refractivity contribution in [3.05, 3.63) is 155 Å². The first-order chi connectivity index (χ1) is 39.7. The fourth-order valence-electron chi connectivity index (χ4n) is 7.95. The second-order valence-electron chi connectivity index (χ2n) is 18.4. The number of aromatic nitrogens is 4. The highest BCUT2D eigenvalue weighted by Crippen LogP contribution is 2.28. The number of nitrogens with zero attached hydrogens (tertiary/aromatic N) is 6. The minimum Gasteiger partial charge on any atom is -0.435 e. The zero-order valence-corrected chi connectivity index (χ0v) is 45.4. The van der Waals surface area contributed by atoms with Crippen LogP contribution in [0.15, 0.2) is 134 Å². The number of rotatable bonds is 15. The largest absolute Gasteiger partial charge is 0.435 e. The predicted octanol–water partition coefficient (Wildman–Crippen LogP) is 11.0. The van der Waals surface area contributed by atoms with Gasteiger partial charge in [0.25, 0.3) is 5.69 Å². The third kappa shape index (κ3) is 20.4. The average molecular weight is 1170 g/mol. The van der Waals surface area contributed by atoms with E-state index in [0.29, 0.717) is 60.5 Å². The van der Waals surface area contributed by atoms with Crippen LogP contribution >= 0.6 is 11.6 Å². The molecule has 27 heteroatoms. The minimum absolute atomic E-state index is 0. The Labute approximate surface area is 479 Å². The number of likely N-dealkylation sites (tertiary alicyclic amines) is 1. The molecule has 7 aromatic rings. The molecule has 0 unspecified atom stereocenters. The Morgan fingerprint density at radius 1 is 0.651 bits per heavy atom. The third-order valence-electron chi connectivity index (χ3n) is 12.6. The van der Waals surface area contributed by atoms with Gasteiger partial charge in [-0.3, -0.25) is 19.7 Å². The molecular formula is C56H60ClF4N13O9. The number of hydrogen-bond acceptors (Lipinski definition) is 17. The Bertz CT molecular complexity index is 3280. The first kappa shape index (κ1) is 62.5. The molecule has 438 valence electrons. The number of nitrogens with one attached hydrogen (secondary N) is 4. The minimum atomic E-state index is -2.87. The maximum Gasteiger partial charge on any atom is 0.409 e. The van der Waals surface area contributed by atoms with E-state index >= 15 is 0 Å². The summed E-state index contributed by atoms with van der Waals surface area (Å²) >= 11 is 4.92. The zero-order chi connectivity index (χ0) is 60.0. The molecule has 0 bridgehead atoms. The Hall–Kier alpha value is -9.69. The number of aryl methyl sites for hydroxylation is 2. The van der Waals surface area contributed by atoms with Gasteiger partial charge in [0, 0.05) is 109 Å². The van der Waals surface area contributed by atoms with Crippen molar-refractivity contribution in [2.75, 3.05) is 47.9 Å². The zero-order valence-electron chi connectivity index (χ0n) is 44.6. The summed E-state index contributed by atoms with van der Waals surface area (Å²) in [6, 6.07) is 28.4. The number of amides is 4. The summed E-state index contributed by atoms with van der Waals surface area (Å²) in [6.07, 6.45) is 9.47. The number of urea groups is 1. The fourth-order valence-corrected chi connectivity index (χ4v) is 8.04. The second-order valence-corrected chi connectivity index (χ2v) is 18.7. The number of non-ortho nitro benzene ring substituents is 1. The van der Waals surface area contributed by atoms with E-state index in [2.05, 4.69) is 55.4 Å². The number of benzene rings is 5. The molecule has 2 aliphatic heterocycles. The van der Waals surface area contributed by atoms with Crippen LogP contribution in [-0.4, -0.2) is 92.4 Å². The van der Waals surface area contributed by atoms with Gasteiger partial charge >= 0.3 is 24.7 Å². The topological polar surface area (TPSA) is 320 Å². The number of nitro groups is 1. The summed E-state index contributed by atoms with van der Waals surface area (Å²) < 4.78 is 62.1. The van der Waals surface area contributed by atoms with E-state index in [1.54, 1.807) is 60.0 Å². The van der Waals surface area contributed by atoms with Crippen LogP contribution < -0.4 is 52.7 Å². The summed E-state index contributed by atoms with van der Waals surface area (Å²) in [7, 11) is 0. The molecule has 83 heavy (non-hydrogen) atoms. The van der Waals surface area contributed by atoms with Crippen molar-refractivity contribution in [2.45, 2.75) is 52.8 Å². The van der Waals surface area contributed by atoms with E-state index in [4.69, 9.17) is 28.8 Å². The lowest BCUT2D eigenvalue weighted by molar-refractivity contribution is -0.384. The molecule has 0 aliphatic carbocycles. The highest BCUT2D eigenvalue weighted by Gasteiger charge is 2.26. The monoisotopic (exact) mass is 1170 g/mol. The van der Waals surface area contributed by atoms with Crippen molar-refractivity contribution in [2.24, 2.45) is 23.3 Å². The van der Waals surface area contributed by atoms with Crippen LogP contribution in [0, 0.1) is 35.8 Å². The molecule has 10 N–H and O–H groups in total. The Morgan fingerprint density at radius 3 is 1.49 bits per heavy atom. The lowest BCUT2D eigenvalue weighted by atomic mass is 9.96. The summed E-state index contributed by atoms with van der Waals surface area (Å²) in [5.74, 6) is 0.621. The van der Waals surface area contributed by atoms with Gasteiger partial charge in [0.1, 0.15) is 17.2 Å². The van der Waals surface area contributed by atoms with Crippen LogP contribution in [0.4, 0.5) is 67.5 Å². The van der Waals surface area contributed by atoms with E-state index in [1.807, 2.05) is 44.2 Å². The van der Waals surface area contributed by atoms with Gasteiger partial charge in [-0.25, -0.2) is 29.5 Å². The quantitative estimate of drug-likeness (QED) is 0.0165. The van der Waals surface area contributed by atoms with Gasteiger partial charge in [-0.2, -0.15) is 17.6 Å². The summed E-state index contributed by atoms with van der Waals surface area (Å²) in [5.41, 5.74) is 23.0. The highest BCUT2D eigenvalue weighted by atomic mass is 35.5. The number of anilines is 6. The van der Waals surface area contributed by atoms with Crippen molar-refractivity contribution < 1.29 is 57.3 Å². The number of halogens is 5. The number of alkyl halides is 4. The van der Waals surface area contributed by atoms with E-state index in [1.165, 1.54) is 48.5 Å². The number of carbonyl (C=O) groups is 4. The number of hydrogen-bond donors (Lipinski definition) is 7. The number of carbonyl (C=O) groups excluding carboxylic acids is 4. The molecule has 2 aromatic heterocycles. The molecular weight excluding hydrogens is 1110 g/mol. The van der Waals surface area contributed by atoms with Gasteiger partial charge in [-0.1, -0.05) is 36.4 Å². The Kier molecular flexibility index (Phi) is 23.2. The molecule has 2 fully saturated rings. The summed E-state index contributed by atoms with van der Waals surface area (Å²) in [5, 5.41) is 22.5. The van der Waals surface area contributed by atoms with Crippen LogP contribution in [0.2, 0.25) is 0 Å². The molecule has 0 radical (unpaired) electrons. The highest BCUT2D eigenvalue weighted by molar-refractivity contribution is 6.61. The smallest absolute Gasteiger partial charge is 0.409 e. The van der Waals surface area contributed by atoms with E-state index < -0.39 is 23.6 Å². The van der Waals surface area contributed by atoms with Crippen molar-refractivity contribution in [1.82, 2.24) is 30.2 Å². The third-order valence-corrected chi connectivity index (χ3v) is 12.6.